The molecule has 3 rings (SSSR count). The Bertz CT molecular complexity index is 966. The number of carbonyl (C=O) groups is 2. The summed E-state index contributed by atoms with van der Waals surface area (Å²) >= 11 is 0. The molecule has 1 aliphatic rings. The molecule has 0 saturated carbocycles. The van der Waals surface area contributed by atoms with Gasteiger partial charge in [0.1, 0.15) is 12.3 Å². The lowest BCUT2D eigenvalue weighted by atomic mass is 9.98. The van der Waals surface area contributed by atoms with Gasteiger partial charge >= 0.3 is 0 Å². The highest BCUT2D eigenvalue weighted by Gasteiger charge is 2.30. The number of piperidine rings is 1. The molecule has 1 aliphatic heterocycles. The molecule has 0 bridgehead atoms. The van der Waals surface area contributed by atoms with Gasteiger partial charge in [0.2, 0.25) is 15.9 Å². The molecule has 7 heteroatoms. The third-order valence-electron chi connectivity index (χ3n) is 5.54. The SMILES string of the molecule is CC1CCN(C(=O)[C@H](CCCC=O)NS(=O)(=O)c2ccc3ccccc3c2)CC1. The zero-order valence-electron chi connectivity index (χ0n) is 16.7. The maximum Gasteiger partial charge on any atom is 0.241 e. The molecule has 1 N–H and O–H groups in total. The van der Waals surface area contributed by atoms with Crippen LogP contribution < -0.4 is 4.72 Å². The molecule has 1 amide bonds. The predicted octanol–water partition coefficient (Wildman–Crippen LogP) is 3.11. The molecule has 1 fully saturated rings. The molecule has 2 aromatic carbocycles. The number of unbranched alkanes of at least 4 members (excludes halogenated alkanes) is 1. The van der Waals surface area contributed by atoms with E-state index in [1.54, 1.807) is 23.1 Å². The number of hydrogen-bond donors (Lipinski definition) is 1. The van der Waals surface area contributed by atoms with Crippen molar-refractivity contribution in [3.05, 3.63) is 42.5 Å². The molecule has 1 saturated heterocycles. The topological polar surface area (TPSA) is 83.6 Å². The van der Waals surface area contributed by atoms with Gasteiger partial charge in [0.25, 0.3) is 0 Å². The Morgan fingerprint density at radius 3 is 2.55 bits per heavy atom. The number of sulfonamides is 1. The summed E-state index contributed by atoms with van der Waals surface area (Å²) in [6.45, 7) is 3.44. The molecule has 1 atom stereocenters. The van der Waals surface area contributed by atoms with Crippen molar-refractivity contribution in [1.82, 2.24) is 9.62 Å². The average Bonchev–Trinajstić information content (AvgIpc) is 2.73. The summed E-state index contributed by atoms with van der Waals surface area (Å²) in [6.07, 6.45) is 3.70. The second kappa shape index (κ2) is 9.50. The largest absolute Gasteiger partial charge is 0.341 e. The summed E-state index contributed by atoms with van der Waals surface area (Å²) in [4.78, 5) is 25.6. The van der Waals surface area contributed by atoms with Gasteiger partial charge in [-0.1, -0.05) is 37.3 Å². The molecule has 29 heavy (non-hydrogen) atoms. The molecule has 0 spiro atoms. The molecule has 2 aromatic rings. The second-order valence-corrected chi connectivity index (χ2v) is 9.50. The zero-order chi connectivity index (χ0) is 20.9. The first-order chi connectivity index (χ1) is 13.9. The van der Waals surface area contributed by atoms with Crippen LogP contribution in [0.25, 0.3) is 10.8 Å². The molecule has 0 aliphatic carbocycles. The lowest BCUT2D eigenvalue weighted by Crippen LogP contribution is -2.50. The van der Waals surface area contributed by atoms with E-state index in [0.717, 1.165) is 29.9 Å². The molecule has 0 aromatic heterocycles. The van der Waals surface area contributed by atoms with Crippen molar-refractivity contribution in [3.63, 3.8) is 0 Å². The monoisotopic (exact) mass is 416 g/mol. The number of nitrogens with zero attached hydrogens (tertiary/aromatic N) is 1. The van der Waals surface area contributed by atoms with Crippen LogP contribution in [0, 0.1) is 5.92 Å². The van der Waals surface area contributed by atoms with Gasteiger partial charge in [0.15, 0.2) is 0 Å². The Kier molecular flexibility index (Phi) is 7.03. The fraction of sp³-hybridized carbons (Fsp3) is 0.455. The highest BCUT2D eigenvalue weighted by Crippen LogP contribution is 2.21. The summed E-state index contributed by atoms with van der Waals surface area (Å²) in [5, 5.41) is 1.77. The third kappa shape index (κ3) is 5.42. The van der Waals surface area contributed by atoms with Crippen LogP contribution in [0.15, 0.2) is 47.4 Å². The number of hydrogen-bond acceptors (Lipinski definition) is 4. The van der Waals surface area contributed by atoms with E-state index >= 15 is 0 Å². The third-order valence-corrected chi connectivity index (χ3v) is 7.01. The fourth-order valence-corrected chi connectivity index (χ4v) is 4.94. The first kappa shape index (κ1) is 21.5. The minimum atomic E-state index is -3.87. The summed E-state index contributed by atoms with van der Waals surface area (Å²) in [5.41, 5.74) is 0. The van der Waals surface area contributed by atoms with Crippen molar-refractivity contribution >= 4 is 33.0 Å². The second-order valence-electron chi connectivity index (χ2n) is 7.79. The number of amides is 1. The van der Waals surface area contributed by atoms with Crippen LogP contribution >= 0.6 is 0 Å². The van der Waals surface area contributed by atoms with Gasteiger partial charge in [-0.05, 0) is 54.5 Å². The molecule has 0 unspecified atom stereocenters. The normalized spacial score (nSPS) is 16.7. The van der Waals surface area contributed by atoms with Crippen molar-refractivity contribution in [2.24, 2.45) is 5.92 Å². The van der Waals surface area contributed by atoms with Crippen molar-refractivity contribution < 1.29 is 18.0 Å². The minimum absolute atomic E-state index is 0.136. The molecule has 0 radical (unpaired) electrons. The first-order valence-electron chi connectivity index (χ1n) is 10.1. The van der Waals surface area contributed by atoms with E-state index in [9.17, 15) is 18.0 Å². The number of carbonyl (C=O) groups excluding carboxylic acids is 2. The molecule has 1 heterocycles. The molecule has 6 nitrogen and oxygen atoms in total. The number of benzene rings is 2. The van der Waals surface area contributed by atoms with E-state index in [1.165, 1.54) is 0 Å². The summed E-state index contributed by atoms with van der Waals surface area (Å²) < 4.78 is 28.6. The van der Waals surface area contributed by atoms with Crippen LogP contribution in [0.5, 0.6) is 0 Å². The molecular formula is C22H28N2O4S. The van der Waals surface area contributed by atoms with Crippen LogP contribution in [0.2, 0.25) is 0 Å². The minimum Gasteiger partial charge on any atom is -0.341 e. The molecular weight excluding hydrogens is 388 g/mol. The average molecular weight is 417 g/mol. The number of likely N-dealkylation sites (tertiary alicyclic amines) is 1. The molecule has 156 valence electrons. The van der Waals surface area contributed by atoms with Gasteiger partial charge < -0.3 is 9.69 Å². The number of rotatable bonds is 8. The Morgan fingerprint density at radius 2 is 1.86 bits per heavy atom. The standard InChI is InChI=1S/C22H28N2O4S/c1-17-11-13-24(14-12-17)22(26)21(8-4-5-15-25)23-29(27,28)20-10-9-18-6-2-3-7-19(18)16-20/h2-3,6-7,9-10,15-17,21,23H,4-5,8,11-14H2,1H3/t21-/m0/s1. The summed E-state index contributed by atoms with van der Waals surface area (Å²) in [6, 6.07) is 11.6. The maximum atomic E-state index is 13.0. The van der Waals surface area contributed by atoms with E-state index in [-0.39, 0.29) is 10.8 Å². The smallest absolute Gasteiger partial charge is 0.241 e. The van der Waals surface area contributed by atoms with E-state index < -0.39 is 16.1 Å². The van der Waals surface area contributed by atoms with Crippen molar-refractivity contribution in [2.75, 3.05) is 13.1 Å². The van der Waals surface area contributed by atoms with Gasteiger partial charge in [0.05, 0.1) is 4.90 Å². The summed E-state index contributed by atoms with van der Waals surface area (Å²) in [7, 11) is -3.87. The highest BCUT2D eigenvalue weighted by molar-refractivity contribution is 7.89. The van der Waals surface area contributed by atoms with Crippen LogP contribution in [-0.4, -0.2) is 44.6 Å². The predicted molar refractivity (Wildman–Crippen MR) is 113 cm³/mol. The zero-order valence-corrected chi connectivity index (χ0v) is 17.5. The van der Waals surface area contributed by atoms with Crippen LogP contribution in [0.1, 0.15) is 39.0 Å². The van der Waals surface area contributed by atoms with Gasteiger partial charge in [-0.3, -0.25) is 4.79 Å². The van der Waals surface area contributed by atoms with Crippen LogP contribution in [0.3, 0.4) is 0 Å². The van der Waals surface area contributed by atoms with Crippen LogP contribution in [-0.2, 0) is 19.6 Å². The summed E-state index contributed by atoms with van der Waals surface area (Å²) in [5.74, 6) is 0.369. The maximum absolute atomic E-state index is 13.0. The lowest BCUT2D eigenvalue weighted by Gasteiger charge is -2.33. The van der Waals surface area contributed by atoms with Crippen molar-refractivity contribution in [1.29, 1.82) is 0 Å². The van der Waals surface area contributed by atoms with E-state index in [4.69, 9.17) is 0 Å². The number of nitrogens with one attached hydrogen (secondary N) is 1. The van der Waals surface area contributed by atoms with Gasteiger partial charge in [0, 0.05) is 19.5 Å². The van der Waals surface area contributed by atoms with Gasteiger partial charge in [-0.15, -0.1) is 0 Å². The van der Waals surface area contributed by atoms with Gasteiger partial charge in [-0.25, -0.2) is 8.42 Å². The van der Waals surface area contributed by atoms with Crippen molar-refractivity contribution in [2.45, 2.75) is 50.0 Å². The van der Waals surface area contributed by atoms with E-state index in [2.05, 4.69) is 11.6 Å². The highest BCUT2D eigenvalue weighted by atomic mass is 32.2. The van der Waals surface area contributed by atoms with Gasteiger partial charge in [-0.2, -0.15) is 4.72 Å². The first-order valence-corrected chi connectivity index (χ1v) is 11.6. The Balaban J connectivity index is 1.80. The number of fused-ring (bicyclic) bond motifs is 1. The lowest BCUT2D eigenvalue weighted by molar-refractivity contribution is -0.134. The van der Waals surface area contributed by atoms with Crippen LogP contribution in [0.4, 0.5) is 0 Å². The van der Waals surface area contributed by atoms with Crippen molar-refractivity contribution in [3.8, 4) is 0 Å². The Labute approximate surface area is 172 Å². The fourth-order valence-electron chi connectivity index (χ4n) is 3.68. The van der Waals surface area contributed by atoms with E-state index in [0.29, 0.717) is 38.3 Å². The quantitative estimate of drug-likeness (QED) is 0.529. The van der Waals surface area contributed by atoms with E-state index in [1.807, 2.05) is 24.3 Å². The Morgan fingerprint density at radius 1 is 1.17 bits per heavy atom. The Hall–Kier alpha value is -2.25. The number of aldehydes is 1.